The van der Waals surface area contributed by atoms with Crippen LogP contribution in [-0.4, -0.2) is 28.6 Å². The molecule has 31 heavy (non-hydrogen) atoms. The summed E-state index contributed by atoms with van der Waals surface area (Å²) in [5.41, 5.74) is 2.41. The van der Waals surface area contributed by atoms with Gasteiger partial charge < -0.3 is 18.9 Å². The van der Waals surface area contributed by atoms with Crippen LogP contribution in [0.2, 0.25) is 0 Å². The fourth-order valence-corrected chi connectivity index (χ4v) is 4.37. The molecule has 162 valence electrons. The average molecular weight is 427 g/mol. The van der Waals surface area contributed by atoms with Gasteiger partial charge in [0.15, 0.2) is 0 Å². The molecule has 8 heteroatoms. The van der Waals surface area contributed by atoms with Crippen molar-refractivity contribution >= 4 is 22.6 Å². The number of hydrogen-bond donors (Lipinski definition) is 0. The fraction of sp³-hybridized carbons (Fsp3) is 0.391. The maximum absolute atomic E-state index is 14.6. The highest BCUT2D eigenvalue weighted by molar-refractivity contribution is 5.97. The van der Waals surface area contributed by atoms with Crippen LogP contribution in [0.25, 0.3) is 11.0 Å². The van der Waals surface area contributed by atoms with Crippen LogP contribution < -0.4 is 14.4 Å². The number of benzene rings is 2. The second kappa shape index (κ2) is 7.51. The molecule has 0 saturated carbocycles. The number of imidazole rings is 1. The van der Waals surface area contributed by atoms with Crippen LogP contribution >= 0.6 is 0 Å². The number of carbonyl (C=O) groups excluding carboxylic acids is 1. The van der Waals surface area contributed by atoms with E-state index in [1.807, 2.05) is 24.6 Å². The Hall–Kier alpha value is -3.16. The van der Waals surface area contributed by atoms with Crippen molar-refractivity contribution in [2.45, 2.75) is 38.7 Å². The first-order valence-corrected chi connectivity index (χ1v) is 10.5. The summed E-state index contributed by atoms with van der Waals surface area (Å²) in [4.78, 5) is 18.9. The molecule has 1 amide bonds. The number of halogens is 2. The molecule has 5 rings (SSSR count). The fourth-order valence-electron chi connectivity index (χ4n) is 4.37. The highest BCUT2D eigenvalue weighted by Crippen LogP contribution is 2.41. The van der Waals surface area contributed by atoms with Gasteiger partial charge in [0.2, 0.25) is 5.91 Å². The van der Waals surface area contributed by atoms with Crippen LogP contribution in [0.5, 0.6) is 11.5 Å². The SMILES string of the molecule is Cc1nc2c(OC3CCOc4cc(F)cc(F)c43)cc(N3CCCCC3=O)cc2n1C. The minimum atomic E-state index is -0.699. The Bertz CT molecular complexity index is 1190. The summed E-state index contributed by atoms with van der Waals surface area (Å²) >= 11 is 0. The third-order valence-electron chi connectivity index (χ3n) is 6.08. The minimum absolute atomic E-state index is 0.0772. The molecular formula is C23H23F2N3O3. The molecule has 2 aliphatic heterocycles. The van der Waals surface area contributed by atoms with Crippen LogP contribution in [0.3, 0.4) is 0 Å². The van der Waals surface area contributed by atoms with Crippen molar-refractivity contribution in [2.24, 2.45) is 7.05 Å². The van der Waals surface area contributed by atoms with Gasteiger partial charge in [-0.3, -0.25) is 4.79 Å². The van der Waals surface area contributed by atoms with E-state index in [0.717, 1.165) is 35.9 Å². The summed E-state index contributed by atoms with van der Waals surface area (Å²) in [5.74, 6) is 0.109. The zero-order valence-corrected chi connectivity index (χ0v) is 17.5. The monoisotopic (exact) mass is 427 g/mol. The topological polar surface area (TPSA) is 56.6 Å². The van der Waals surface area contributed by atoms with E-state index in [9.17, 15) is 13.6 Å². The molecule has 0 bridgehead atoms. The summed E-state index contributed by atoms with van der Waals surface area (Å²) < 4.78 is 42.0. The van der Waals surface area contributed by atoms with Gasteiger partial charge in [-0.15, -0.1) is 0 Å². The van der Waals surface area contributed by atoms with E-state index in [1.165, 1.54) is 6.07 Å². The molecule has 6 nitrogen and oxygen atoms in total. The first-order chi connectivity index (χ1) is 14.9. The summed E-state index contributed by atoms with van der Waals surface area (Å²) in [6.45, 7) is 2.82. The third kappa shape index (κ3) is 3.40. The summed E-state index contributed by atoms with van der Waals surface area (Å²) in [6.07, 6.45) is 2.11. The maximum Gasteiger partial charge on any atom is 0.226 e. The first kappa shape index (κ1) is 19.8. The number of anilines is 1. The van der Waals surface area contributed by atoms with Gasteiger partial charge in [-0.25, -0.2) is 13.8 Å². The molecule has 3 aromatic rings. The number of aryl methyl sites for hydroxylation is 2. The second-order valence-corrected chi connectivity index (χ2v) is 8.08. The van der Waals surface area contributed by atoms with Crippen molar-refractivity contribution in [1.82, 2.24) is 9.55 Å². The van der Waals surface area contributed by atoms with Crippen molar-refractivity contribution in [3.8, 4) is 11.5 Å². The van der Waals surface area contributed by atoms with E-state index < -0.39 is 17.7 Å². The minimum Gasteiger partial charge on any atom is -0.493 e. The van der Waals surface area contributed by atoms with Gasteiger partial charge in [-0.1, -0.05) is 0 Å². The molecule has 3 heterocycles. The molecule has 2 aromatic carbocycles. The number of hydrogen-bond acceptors (Lipinski definition) is 4. The average Bonchev–Trinajstić information content (AvgIpc) is 3.02. The lowest BCUT2D eigenvalue weighted by molar-refractivity contribution is -0.119. The largest absolute Gasteiger partial charge is 0.493 e. The van der Waals surface area contributed by atoms with Crippen molar-refractivity contribution in [3.63, 3.8) is 0 Å². The number of amides is 1. The molecule has 1 fully saturated rings. The Balaban J connectivity index is 1.61. The zero-order chi connectivity index (χ0) is 21.7. The van der Waals surface area contributed by atoms with E-state index >= 15 is 0 Å². The second-order valence-electron chi connectivity index (χ2n) is 8.08. The van der Waals surface area contributed by atoms with Crippen molar-refractivity contribution in [1.29, 1.82) is 0 Å². The normalized spacial score (nSPS) is 18.8. The molecule has 0 N–H and O–H groups in total. The van der Waals surface area contributed by atoms with Crippen LogP contribution in [0.1, 0.15) is 43.2 Å². The first-order valence-electron chi connectivity index (χ1n) is 10.5. The highest BCUT2D eigenvalue weighted by atomic mass is 19.1. The third-order valence-corrected chi connectivity index (χ3v) is 6.08. The van der Waals surface area contributed by atoms with E-state index in [1.54, 1.807) is 11.0 Å². The Morgan fingerprint density at radius 2 is 2.03 bits per heavy atom. The molecule has 2 aliphatic rings. The van der Waals surface area contributed by atoms with Gasteiger partial charge in [0.25, 0.3) is 0 Å². The standard InChI is InChI=1S/C23H23F2N3O3/c1-13-26-23-17(27(13)2)11-15(28-7-4-3-5-21(28)29)12-20(23)31-18-6-8-30-19-10-14(24)9-16(25)22(18)19/h9-12,18H,3-8H2,1-2H3. The number of aromatic nitrogens is 2. The van der Waals surface area contributed by atoms with Crippen molar-refractivity contribution in [3.05, 3.63) is 47.3 Å². The van der Waals surface area contributed by atoms with Gasteiger partial charge in [-0.05, 0) is 25.8 Å². The molecule has 1 saturated heterocycles. The number of nitrogens with zero attached hydrogens (tertiary/aromatic N) is 3. The Morgan fingerprint density at radius 3 is 2.84 bits per heavy atom. The molecule has 1 aromatic heterocycles. The lowest BCUT2D eigenvalue weighted by Gasteiger charge is -2.29. The summed E-state index contributed by atoms with van der Waals surface area (Å²) in [6, 6.07) is 5.76. The van der Waals surface area contributed by atoms with E-state index in [4.69, 9.17) is 9.47 Å². The number of rotatable bonds is 3. The van der Waals surface area contributed by atoms with Gasteiger partial charge in [0.1, 0.15) is 40.6 Å². The molecule has 1 atom stereocenters. The molecule has 0 radical (unpaired) electrons. The van der Waals surface area contributed by atoms with E-state index in [-0.39, 0.29) is 23.8 Å². The quantitative estimate of drug-likeness (QED) is 0.614. The summed E-state index contributed by atoms with van der Waals surface area (Å²) in [7, 11) is 1.91. The molecule has 0 aliphatic carbocycles. The molecular weight excluding hydrogens is 404 g/mol. The van der Waals surface area contributed by atoms with Gasteiger partial charge in [-0.2, -0.15) is 0 Å². The van der Waals surface area contributed by atoms with Crippen LogP contribution in [0.15, 0.2) is 24.3 Å². The summed E-state index contributed by atoms with van der Waals surface area (Å²) in [5, 5.41) is 0. The Morgan fingerprint density at radius 1 is 1.19 bits per heavy atom. The van der Waals surface area contributed by atoms with Gasteiger partial charge >= 0.3 is 0 Å². The smallest absolute Gasteiger partial charge is 0.226 e. The highest BCUT2D eigenvalue weighted by Gasteiger charge is 2.30. The lowest BCUT2D eigenvalue weighted by atomic mass is 10.0. The maximum atomic E-state index is 14.6. The number of piperidine rings is 1. The van der Waals surface area contributed by atoms with Crippen LogP contribution in [0.4, 0.5) is 14.5 Å². The zero-order valence-electron chi connectivity index (χ0n) is 17.5. The number of fused-ring (bicyclic) bond motifs is 2. The molecule has 1 unspecified atom stereocenters. The Labute approximate surface area is 178 Å². The Kier molecular flexibility index (Phi) is 4.79. The molecule has 0 spiro atoms. The lowest BCUT2D eigenvalue weighted by Crippen LogP contribution is -2.35. The van der Waals surface area contributed by atoms with Crippen molar-refractivity contribution < 1.29 is 23.0 Å². The van der Waals surface area contributed by atoms with Crippen LogP contribution in [-0.2, 0) is 11.8 Å². The number of carbonyl (C=O) groups is 1. The van der Waals surface area contributed by atoms with Gasteiger partial charge in [0, 0.05) is 50.3 Å². The predicted octanol–water partition coefficient (Wildman–Crippen LogP) is 4.58. The van der Waals surface area contributed by atoms with E-state index in [0.29, 0.717) is 30.7 Å². The number of ether oxygens (including phenoxy) is 2. The van der Waals surface area contributed by atoms with Gasteiger partial charge in [0.05, 0.1) is 17.7 Å². The predicted molar refractivity (Wildman–Crippen MR) is 111 cm³/mol. The van der Waals surface area contributed by atoms with E-state index in [2.05, 4.69) is 4.98 Å². The van der Waals surface area contributed by atoms with Crippen molar-refractivity contribution in [2.75, 3.05) is 18.1 Å². The van der Waals surface area contributed by atoms with Crippen LogP contribution in [0, 0.1) is 18.6 Å².